The summed E-state index contributed by atoms with van der Waals surface area (Å²) in [6.45, 7) is 5.44. The quantitative estimate of drug-likeness (QED) is 0.564. The second kappa shape index (κ2) is 8.37. The Bertz CT molecular complexity index is 1020. The zero-order valence-corrected chi connectivity index (χ0v) is 18.1. The molecule has 1 unspecified atom stereocenters. The smallest absolute Gasteiger partial charge is 0.321 e. The molecule has 2 heterocycles. The number of carbonyl (C=O) groups is 1. The number of nitrogens with zero attached hydrogens (tertiary/aromatic N) is 3. The summed E-state index contributed by atoms with van der Waals surface area (Å²) >= 11 is 3.40. The Morgan fingerprint density at radius 3 is 2.72 bits per heavy atom. The highest BCUT2D eigenvalue weighted by Gasteiger charge is 2.29. The van der Waals surface area contributed by atoms with Crippen LogP contribution in [0.15, 0.2) is 51.5 Å². The van der Waals surface area contributed by atoms with E-state index in [4.69, 9.17) is 4.52 Å². The van der Waals surface area contributed by atoms with Crippen molar-refractivity contribution in [1.82, 2.24) is 15.0 Å². The van der Waals surface area contributed by atoms with Crippen molar-refractivity contribution < 1.29 is 9.32 Å². The molecule has 0 spiro atoms. The van der Waals surface area contributed by atoms with Crippen molar-refractivity contribution in [3.63, 3.8) is 0 Å². The van der Waals surface area contributed by atoms with Crippen LogP contribution in [0.4, 0.5) is 10.5 Å². The van der Waals surface area contributed by atoms with E-state index in [2.05, 4.69) is 57.4 Å². The van der Waals surface area contributed by atoms with Gasteiger partial charge in [-0.25, -0.2) is 4.79 Å². The Kier molecular flexibility index (Phi) is 5.67. The van der Waals surface area contributed by atoms with Gasteiger partial charge in [0.25, 0.3) is 0 Å². The number of urea groups is 1. The Hall–Kier alpha value is -2.67. The molecule has 2 aromatic carbocycles. The lowest BCUT2D eigenvalue weighted by Gasteiger charge is -2.31. The van der Waals surface area contributed by atoms with Crippen molar-refractivity contribution in [2.45, 2.75) is 32.6 Å². The van der Waals surface area contributed by atoms with E-state index in [9.17, 15) is 4.79 Å². The zero-order valence-electron chi connectivity index (χ0n) is 16.5. The van der Waals surface area contributed by atoms with Crippen molar-refractivity contribution in [2.24, 2.45) is 0 Å². The van der Waals surface area contributed by atoms with Crippen molar-refractivity contribution in [3.8, 4) is 11.4 Å². The molecule has 6 nitrogen and oxygen atoms in total. The largest absolute Gasteiger partial charge is 0.339 e. The summed E-state index contributed by atoms with van der Waals surface area (Å²) in [6, 6.07) is 13.6. The van der Waals surface area contributed by atoms with Crippen molar-refractivity contribution in [1.29, 1.82) is 0 Å². The van der Waals surface area contributed by atoms with E-state index in [0.717, 1.165) is 35.1 Å². The molecule has 7 heteroatoms. The Labute approximate surface area is 178 Å². The topological polar surface area (TPSA) is 71.3 Å². The number of hydrogen-bond donors (Lipinski definition) is 1. The molecular formula is C22H23BrN4O2. The molecule has 1 N–H and O–H groups in total. The number of benzene rings is 2. The van der Waals surface area contributed by atoms with E-state index >= 15 is 0 Å². The summed E-state index contributed by atoms with van der Waals surface area (Å²) in [5.74, 6) is 1.24. The summed E-state index contributed by atoms with van der Waals surface area (Å²) in [5.41, 5.74) is 4.15. The number of carbonyl (C=O) groups excluding carboxylic acids is 1. The summed E-state index contributed by atoms with van der Waals surface area (Å²) in [7, 11) is 0. The highest BCUT2D eigenvalue weighted by Crippen LogP contribution is 2.28. The van der Waals surface area contributed by atoms with Gasteiger partial charge in [-0.05, 0) is 68.1 Å². The van der Waals surface area contributed by atoms with Gasteiger partial charge >= 0.3 is 6.03 Å². The number of anilines is 1. The molecule has 4 rings (SSSR count). The molecule has 1 aromatic heterocycles. The van der Waals surface area contributed by atoms with E-state index in [-0.39, 0.29) is 11.9 Å². The lowest BCUT2D eigenvalue weighted by atomic mass is 9.98. The molecule has 150 valence electrons. The van der Waals surface area contributed by atoms with Crippen LogP contribution in [-0.2, 0) is 0 Å². The van der Waals surface area contributed by atoms with E-state index < -0.39 is 0 Å². The first-order valence-corrected chi connectivity index (χ1v) is 10.5. The number of likely N-dealkylation sites (tertiary alicyclic amines) is 1. The van der Waals surface area contributed by atoms with Crippen molar-refractivity contribution >= 4 is 27.6 Å². The molecule has 0 radical (unpaired) electrons. The standard InChI is InChI=1S/C22H23BrN4O2/c1-14-5-6-16(12-15(14)2)20-25-21(29-26-20)17-4-3-11-27(13-17)22(28)24-19-9-7-18(23)8-10-19/h5-10,12,17H,3-4,11,13H2,1-2H3,(H,24,28). The third-order valence-electron chi connectivity index (χ3n) is 5.36. The van der Waals surface area contributed by atoms with Crippen LogP contribution in [0.3, 0.4) is 0 Å². The first-order chi connectivity index (χ1) is 14.0. The normalized spacial score (nSPS) is 16.7. The molecule has 3 aromatic rings. The van der Waals surface area contributed by atoms with Gasteiger partial charge < -0.3 is 14.7 Å². The number of amides is 2. The SMILES string of the molecule is Cc1ccc(-c2noc(C3CCCN(C(=O)Nc4ccc(Br)cc4)C3)n2)cc1C. The number of rotatable bonds is 3. The summed E-state index contributed by atoms with van der Waals surface area (Å²) in [4.78, 5) is 19.1. The van der Waals surface area contributed by atoms with Crippen molar-refractivity contribution in [2.75, 3.05) is 18.4 Å². The number of hydrogen-bond acceptors (Lipinski definition) is 4. The van der Waals surface area contributed by atoms with Gasteiger partial charge in [-0.2, -0.15) is 4.98 Å². The van der Waals surface area contributed by atoms with Crippen LogP contribution >= 0.6 is 15.9 Å². The van der Waals surface area contributed by atoms with Crippen LogP contribution in [0.2, 0.25) is 0 Å². The van der Waals surface area contributed by atoms with E-state index in [1.807, 2.05) is 35.2 Å². The maximum absolute atomic E-state index is 12.7. The maximum atomic E-state index is 12.7. The summed E-state index contributed by atoms with van der Waals surface area (Å²) < 4.78 is 6.54. The fourth-order valence-electron chi connectivity index (χ4n) is 3.50. The molecule has 1 saturated heterocycles. The van der Waals surface area contributed by atoms with Crippen LogP contribution in [0.5, 0.6) is 0 Å². The van der Waals surface area contributed by atoms with Crippen LogP contribution in [0, 0.1) is 13.8 Å². The highest BCUT2D eigenvalue weighted by atomic mass is 79.9. The van der Waals surface area contributed by atoms with E-state index in [1.54, 1.807) is 0 Å². The van der Waals surface area contributed by atoms with Crippen LogP contribution in [0.1, 0.15) is 35.8 Å². The Morgan fingerprint density at radius 1 is 1.17 bits per heavy atom. The van der Waals surface area contributed by atoms with E-state index in [1.165, 1.54) is 11.1 Å². The van der Waals surface area contributed by atoms with Gasteiger partial charge in [-0.1, -0.05) is 33.2 Å². The number of aryl methyl sites for hydroxylation is 2. The lowest BCUT2D eigenvalue weighted by Crippen LogP contribution is -2.41. The average molecular weight is 455 g/mol. The lowest BCUT2D eigenvalue weighted by molar-refractivity contribution is 0.184. The fourth-order valence-corrected chi connectivity index (χ4v) is 3.76. The second-order valence-corrected chi connectivity index (χ2v) is 8.39. The molecule has 1 fully saturated rings. The van der Waals surface area contributed by atoms with E-state index in [0.29, 0.717) is 18.3 Å². The molecule has 29 heavy (non-hydrogen) atoms. The minimum atomic E-state index is -0.106. The predicted octanol–water partition coefficient (Wildman–Crippen LogP) is 5.53. The molecule has 0 saturated carbocycles. The first kappa shape index (κ1) is 19.6. The van der Waals surface area contributed by atoms with Gasteiger partial charge in [-0.15, -0.1) is 0 Å². The van der Waals surface area contributed by atoms with Gasteiger partial charge in [0.2, 0.25) is 11.7 Å². The molecule has 2 amide bonds. The minimum Gasteiger partial charge on any atom is -0.339 e. The Morgan fingerprint density at radius 2 is 1.97 bits per heavy atom. The van der Waals surface area contributed by atoms with Gasteiger partial charge in [0.05, 0.1) is 5.92 Å². The molecular weight excluding hydrogens is 432 g/mol. The number of piperidine rings is 1. The van der Waals surface area contributed by atoms with Crippen LogP contribution in [0.25, 0.3) is 11.4 Å². The van der Waals surface area contributed by atoms with Gasteiger partial charge in [0.1, 0.15) is 0 Å². The van der Waals surface area contributed by atoms with Crippen LogP contribution in [-0.4, -0.2) is 34.2 Å². The highest BCUT2D eigenvalue weighted by molar-refractivity contribution is 9.10. The zero-order chi connectivity index (χ0) is 20.4. The minimum absolute atomic E-state index is 0.0483. The average Bonchev–Trinajstić information content (AvgIpc) is 3.22. The molecule has 0 aliphatic carbocycles. The fraction of sp³-hybridized carbons (Fsp3) is 0.318. The second-order valence-electron chi connectivity index (χ2n) is 7.48. The van der Waals surface area contributed by atoms with Gasteiger partial charge in [0, 0.05) is 28.8 Å². The predicted molar refractivity (Wildman–Crippen MR) is 116 cm³/mol. The Balaban J connectivity index is 1.44. The van der Waals surface area contributed by atoms with Crippen LogP contribution < -0.4 is 5.32 Å². The third kappa shape index (κ3) is 4.50. The molecule has 1 aliphatic heterocycles. The number of aromatic nitrogens is 2. The summed E-state index contributed by atoms with van der Waals surface area (Å²) in [5, 5.41) is 7.12. The van der Waals surface area contributed by atoms with Crippen molar-refractivity contribution in [3.05, 3.63) is 64.0 Å². The number of halogens is 1. The maximum Gasteiger partial charge on any atom is 0.321 e. The third-order valence-corrected chi connectivity index (χ3v) is 5.89. The molecule has 1 aliphatic rings. The summed E-state index contributed by atoms with van der Waals surface area (Å²) in [6.07, 6.45) is 1.83. The molecule has 1 atom stereocenters. The first-order valence-electron chi connectivity index (χ1n) is 9.72. The number of nitrogens with one attached hydrogen (secondary N) is 1. The molecule has 0 bridgehead atoms. The van der Waals surface area contributed by atoms with Gasteiger partial charge in [-0.3, -0.25) is 0 Å². The monoisotopic (exact) mass is 454 g/mol. The van der Waals surface area contributed by atoms with Gasteiger partial charge in [0.15, 0.2) is 0 Å².